The molecular weight excluding hydrogens is 637 g/mol. The number of hydrogen-bond acceptors (Lipinski definition) is 8. The third-order valence-electron chi connectivity index (χ3n) is 5.93. The maximum absolute atomic E-state index is 12.9. The Hall–Kier alpha value is -4.88. The summed E-state index contributed by atoms with van der Waals surface area (Å²) in [6.45, 7) is 0.332. The summed E-state index contributed by atoms with van der Waals surface area (Å²) < 4.78 is 54.8. The fourth-order valence-electron chi connectivity index (χ4n) is 4.00. The molecule has 14 heteroatoms. The molecule has 45 heavy (non-hydrogen) atoms. The predicted octanol–water partition coefficient (Wildman–Crippen LogP) is 7.08. The number of benzene rings is 3. The second-order valence-electron chi connectivity index (χ2n) is 9.08. The Bertz CT molecular complexity index is 1710. The zero-order valence-corrected chi connectivity index (χ0v) is 25.0. The van der Waals surface area contributed by atoms with Gasteiger partial charge in [-0.05, 0) is 42.8 Å². The number of anilines is 2. The molecule has 0 radical (unpaired) electrons. The van der Waals surface area contributed by atoms with Crippen LogP contribution in [0.3, 0.4) is 0 Å². The van der Waals surface area contributed by atoms with E-state index in [-0.39, 0.29) is 38.5 Å². The minimum atomic E-state index is -4.58. The van der Waals surface area contributed by atoms with Crippen molar-refractivity contribution in [2.45, 2.75) is 13.1 Å². The summed E-state index contributed by atoms with van der Waals surface area (Å²) in [6.07, 6.45) is -4.58. The topological polar surface area (TPSA) is 120 Å². The van der Waals surface area contributed by atoms with Crippen molar-refractivity contribution in [3.8, 4) is 16.9 Å². The van der Waals surface area contributed by atoms with Gasteiger partial charge in [-0.1, -0.05) is 60.1 Å². The van der Waals surface area contributed by atoms with Gasteiger partial charge < -0.3 is 24.8 Å². The zero-order valence-electron chi connectivity index (χ0n) is 23.4. The van der Waals surface area contributed by atoms with Gasteiger partial charge in [-0.3, -0.25) is 9.59 Å². The van der Waals surface area contributed by atoms with Crippen LogP contribution in [-0.2, 0) is 25.2 Å². The molecule has 0 fully saturated rings. The minimum Gasteiger partial charge on any atom is -0.483 e. The highest BCUT2D eigenvalue weighted by Crippen LogP contribution is 2.44. The number of esters is 2. The second kappa shape index (κ2) is 14.7. The molecule has 9 nitrogen and oxygen atoms in total. The van der Waals surface area contributed by atoms with Crippen molar-refractivity contribution in [2.75, 3.05) is 30.5 Å². The van der Waals surface area contributed by atoms with E-state index in [0.717, 1.165) is 29.5 Å². The van der Waals surface area contributed by atoms with Crippen LogP contribution >= 0.6 is 22.9 Å². The SMILES string of the molecule is CCOC(=O)c1c(NC(=O)COC(=O)c2ccccc2OCC(=O)Nc2cccc(C(F)(F)F)c2)sc(Cl)c1-c1ccccc1. The van der Waals surface area contributed by atoms with E-state index in [1.807, 2.05) is 0 Å². The van der Waals surface area contributed by atoms with Crippen LogP contribution in [0, 0.1) is 0 Å². The fraction of sp³-hybridized carbons (Fsp3) is 0.161. The average Bonchev–Trinajstić information content (AvgIpc) is 3.34. The van der Waals surface area contributed by atoms with Crippen molar-refractivity contribution in [1.29, 1.82) is 0 Å². The number of thiophene rings is 1. The van der Waals surface area contributed by atoms with Gasteiger partial charge >= 0.3 is 18.1 Å². The van der Waals surface area contributed by atoms with Gasteiger partial charge in [-0.25, -0.2) is 9.59 Å². The van der Waals surface area contributed by atoms with Crippen LogP contribution in [-0.4, -0.2) is 43.6 Å². The molecular formula is C31H24ClF3N2O7S. The number of carbonyl (C=O) groups excluding carboxylic acids is 4. The molecule has 0 spiro atoms. The molecule has 0 bridgehead atoms. The Morgan fingerprint density at radius 2 is 1.51 bits per heavy atom. The van der Waals surface area contributed by atoms with E-state index < -0.39 is 48.7 Å². The van der Waals surface area contributed by atoms with E-state index in [0.29, 0.717) is 11.1 Å². The molecule has 3 aromatic carbocycles. The summed E-state index contributed by atoms with van der Waals surface area (Å²) in [7, 11) is 0. The van der Waals surface area contributed by atoms with Crippen LogP contribution in [0.1, 0.15) is 33.2 Å². The normalized spacial score (nSPS) is 11.0. The maximum Gasteiger partial charge on any atom is 0.416 e. The Balaban J connectivity index is 1.39. The minimum absolute atomic E-state index is 0.0554. The molecule has 234 valence electrons. The lowest BCUT2D eigenvalue weighted by Gasteiger charge is -2.12. The monoisotopic (exact) mass is 660 g/mol. The van der Waals surface area contributed by atoms with Gasteiger partial charge in [-0.2, -0.15) is 13.2 Å². The summed E-state index contributed by atoms with van der Waals surface area (Å²) >= 11 is 7.39. The molecule has 1 heterocycles. The molecule has 0 saturated heterocycles. The quantitative estimate of drug-likeness (QED) is 0.165. The molecule has 2 N–H and O–H groups in total. The first kappa shape index (κ1) is 33.0. The van der Waals surface area contributed by atoms with Gasteiger partial charge in [0.1, 0.15) is 26.2 Å². The number of ether oxygens (including phenoxy) is 3. The number of nitrogens with one attached hydrogen (secondary N) is 2. The summed E-state index contributed by atoms with van der Waals surface area (Å²) in [5, 5.41) is 4.95. The summed E-state index contributed by atoms with van der Waals surface area (Å²) in [6, 6.07) is 18.6. The van der Waals surface area contributed by atoms with Crippen LogP contribution < -0.4 is 15.4 Å². The van der Waals surface area contributed by atoms with Crippen molar-refractivity contribution < 1.29 is 46.6 Å². The predicted molar refractivity (Wildman–Crippen MR) is 162 cm³/mol. The van der Waals surface area contributed by atoms with E-state index in [9.17, 15) is 32.3 Å². The average molecular weight is 661 g/mol. The second-order valence-corrected chi connectivity index (χ2v) is 10.7. The van der Waals surface area contributed by atoms with E-state index in [4.69, 9.17) is 25.8 Å². The largest absolute Gasteiger partial charge is 0.483 e. The maximum atomic E-state index is 12.9. The highest BCUT2D eigenvalue weighted by atomic mass is 35.5. The van der Waals surface area contributed by atoms with E-state index >= 15 is 0 Å². The van der Waals surface area contributed by atoms with E-state index in [1.54, 1.807) is 37.3 Å². The molecule has 0 aliphatic rings. The molecule has 0 atom stereocenters. The zero-order chi connectivity index (χ0) is 32.6. The molecule has 4 rings (SSSR count). The molecule has 0 aliphatic carbocycles. The lowest BCUT2D eigenvalue weighted by atomic mass is 10.0. The third kappa shape index (κ3) is 8.61. The Morgan fingerprint density at radius 1 is 0.822 bits per heavy atom. The summed E-state index contributed by atoms with van der Waals surface area (Å²) in [5.41, 5.74) is -0.0692. The number of para-hydroxylation sites is 1. The van der Waals surface area contributed by atoms with Crippen molar-refractivity contribution in [3.05, 3.63) is 99.9 Å². The Kier molecular flexibility index (Phi) is 10.8. The van der Waals surface area contributed by atoms with Gasteiger partial charge in [0.15, 0.2) is 13.2 Å². The number of rotatable bonds is 11. The molecule has 2 amide bonds. The molecule has 0 aliphatic heterocycles. The molecule has 0 saturated carbocycles. The number of hydrogen-bond donors (Lipinski definition) is 2. The van der Waals surface area contributed by atoms with E-state index in [2.05, 4.69) is 10.6 Å². The molecule has 4 aromatic rings. The van der Waals surface area contributed by atoms with Crippen LogP contribution in [0.15, 0.2) is 78.9 Å². The highest BCUT2D eigenvalue weighted by molar-refractivity contribution is 7.21. The van der Waals surface area contributed by atoms with Crippen molar-refractivity contribution in [1.82, 2.24) is 0 Å². The number of alkyl halides is 3. The van der Waals surface area contributed by atoms with Crippen molar-refractivity contribution in [2.24, 2.45) is 0 Å². The first-order chi connectivity index (χ1) is 21.5. The van der Waals surface area contributed by atoms with Crippen molar-refractivity contribution in [3.63, 3.8) is 0 Å². The van der Waals surface area contributed by atoms with Crippen LogP contribution in [0.2, 0.25) is 4.34 Å². The Labute approximate surface area is 263 Å². The molecule has 0 unspecified atom stereocenters. The smallest absolute Gasteiger partial charge is 0.416 e. The van der Waals surface area contributed by atoms with Crippen LogP contribution in [0.5, 0.6) is 5.75 Å². The fourth-order valence-corrected chi connectivity index (χ4v) is 5.39. The first-order valence-electron chi connectivity index (χ1n) is 13.2. The van der Waals surface area contributed by atoms with Gasteiger partial charge in [0.25, 0.3) is 11.8 Å². The summed E-state index contributed by atoms with van der Waals surface area (Å²) in [4.78, 5) is 50.7. The van der Waals surface area contributed by atoms with Gasteiger partial charge in [-0.15, -0.1) is 11.3 Å². The number of halogens is 4. The molecule has 1 aromatic heterocycles. The van der Waals surface area contributed by atoms with Crippen LogP contribution in [0.4, 0.5) is 23.9 Å². The van der Waals surface area contributed by atoms with Gasteiger partial charge in [0, 0.05) is 11.3 Å². The summed E-state index contributed by atoms with van der Waals surface area (Å²) in [5.74, 6) is -3.28. The van der Waals surface area contributed by atoms with Gasteiger partial charge in [0.05, 0.1) is 12.2 Å². The Morgan fingerprint density at radius 3 is 2.22 bits per heavy atom. The van der Waals surface area contributed by atoms with Crippen molar-refractivity contribution >= 4 is 57.4 Å². The lowest BCUT2D eigenvalue weighted by molar-refractivity contribution is -0.137. The number of carbonyl (C=O) groups is 4. The van der Waals surface area contributed by atoms with Crippen LogP contribution in [0.25, 0.3) is 11.1 Å². The number of amides is 2. The third-order valence-corrected chi connectivity index (χ3v) is 7.25. The standard InChI is InChI=1S/C31H24ClF3N2O7S/c1-2-42-30(41)26-25(18-9-4-3-5-10-18)27(32)45-28(26)37-24(39)17-44-29(40)21-13-6-7-14-22(21)43-16-23(38)36-20-12-8-11-19(15-20)31(33,34)35/h3-15H,2,16-17H2,1H3,(H,36,38)(H,37,39). The highest BCUT2D eigenvalue weighted by Gasteiger charge is 2.30. The first-order valence-corrected chi connectivity index (χ1v) is 14.4. The lowest BCUT2D eigenvalue weighted by Crippen LogP contribution is -2.23. The van der Waals surface area contributed by atoms with E-state index in [1.165, 1.54) is 30.3 Å². The van der Waals surface area contributed by atoms with Gasteiger partial charge in [0.2, 0.25) is 0 Å².